The summed E-state index contributed by atoms with van der Waals surface area (Å²) in [5, 5.41) is 0. The van der Waals surface area contributed by atoms with Crippen molar-refractivity contribution in [2.75, 3.05) is 20.2 Å². The molecule has 2 unspecified atom stereocenters. The third kappa shape index (κ3) is 3.25. The Labute approximate surface area is 126 Å². The number of likely N-dealkylation sites (tertiary alicyclic amines) is 1. The molecule has 1 amide bonds. The largest absolute Gasteiger partial charge is 0.497 e. The van der Waals surface area contributed by atoms with Crippen LogP contribution < -0.4 is 10.5 Å². The third-order valence-electron chi connectivity index (χ3n) is 3.92. The molecule has 1 aliphatic rings. The summed E-state index contributed by atoms with van der Waals surface area (Å²) in [5.74, 6) is 1.31. The summed E-state index contributed by atoms with van der Waals surface area (Å²) in [5.41, 5.74) is 7.42. The number of amides is 1. The molecule has 0 aliphatic carbocycles. The van der Waals surface area contributed by atoms with Crippen molar-refractivity contribution in [3.05, 3.63) is 29.3 Å². The van der Waals surface area contributed by atoms with Gasteiger partial charge in [-0.3, -0.25) is 4.79 Å². The Morgan fingerprint density at radius 3 is 2.70 bits per heavy atom. The van der Waals surface area contributed by atoms with Crippen LogP contribution in [-0.2, 0) is 0 Å². The van der Waals surface area contributed by atoms with Gasteiger partial charge in [0.15, 0.2) is 0 Å². The highest BCUT2D eigenvalue weighted by molar-refractivity contribution is 5.96. The molecule has 20 heavy (non-hydrogen) atoms. The van der Waals surface area contributed by atoms with E-state index in [1.807, 2.05) is 30.0 Å². The van der Waals surface area contributed by atoms with Crippen LogP contribution in [0.5, 0.6) is 5.75 Å². The molecule has 1 aromatic carbocycles. The number of carbonyl (C=O) groups excluding carboxylic acids is 1. The number of carbonyl (C=O) groups is 1. The van der Waals surface area contributed by atoms with Gasteiger partial charge < -0.3 is 15.4 Å². The number of rotatable bonds is 3. The predicted molar refractivity (Wildman–Crippen MR) is 82.6 cm³/mol. The molecule has 4 nitrogen and oxygen atoms in total. The minimum absolute atomic E-state index is 0. The van der Waals surface area contributed by atoms with Crippen molar-refractivity contribution in [3.63, 3.8) is 0 Å². The average molecular weight is 299 g/mol. The molecule has 0 radical (unpaired) electrons. The van der Waals surface area contributed by atoms with E-state index >= 15 is 0 Å². The summed E-state index contributed by atoms with van der Waals surface area (Å²) < 4.78 is 5.17. The highest BCUT2D eigenvalue weighted by atomic mass is 35.5. The van der Waals surface area contributed by atoms with Crippen LogP contribution in [0, 0.1) is 12.8 Å². The number of methoxy groups -OCH3 is 1. The van der Waals surface area contributed by atoms with Crippen LogP contribution in [0.2, 0.25) is 0 Å². The summed E-state index contributed by atoms with van der Waals surface area (Å²) >= 11 is 0. The van der Waals surface area contributed by atoms with Gasteiger partial charge >= 0.3 is 0 Å². The predicted octanol–water partition coefficient (Wildman–Crippen LogP) is 2.23. The van der Waals surface area contributed by atoms with Crippen molar-refractivity contribution >= 4 is 18.3 Å². The van der Waals surface area contributed by atoms with Gasteiger partial charge in [-0.05, 0) is 56.5 Å². The van der Waals surface area contributed by atoms with E-state index in [0.717, 1.165) is 29.8 Å². The fourth-order valence-electron chi connectivity index (χ4n) is 2.75. The smallest absolute Gasteiger partial charge is 0.254 e. The minimum Gasteiger partial charge on any atom is -0.497 e. The number of nitrogens with zero attached hydrogens (tertiary/aromatic N) is 1. The van der Waals surface area contributed by atoms with Gasteiger partial charge in [0, 0.05) is 18.2 Å². The molecule has 2 N–H and O–H groups in total. The summed E-state index contributed by atoms with van der Waals surface area (Å²) in [7, 11) is 1.63. The van der Waals surface area contributed by atoms with Gasteiger partial charge in [0.05, 0.1) is 7.11 Å². The number of nitrogens with two attached hydrogens (primary N) is 1. The maximum absolute atomic E-state index is 12.6. The Morgan fingerprint density at radius 2 is 2.20 bits per heavy atom. The molecule has 1 aliphatic heterocycles. The molecule has 0 bridgehead atoms. The van der Waals surface area contributed by atoms with Gasteiger partial charge in [-0.15, -0.1) is 12.4 Å². The van der Waals surface area contributed by atoms with Gasteiger partial charge in [0.2, 0.25) is 0 Å². The molecule has 1 heterocycles. The highest BCUT2D eigenvalue weighted by Crippen LogP contribution is 2.26. The van der Waals surface area contributed by atoms with E-state index in [-0.39, 0.29) is 24.4 Å². The standard InChI is InChI=1S/C15H22N2O2.ClH/c1-10-6-13(19-3)4-5-14(10)15(18)17-9-12(8-16)7-11(17)2;/h4-6,11-12H,7-9,16H2,1-3H3;1H. The normalized spacial score (nSPS) is 21.5. The van der Waals surface area contributed by atoms with E-state index in [0.29, 0.717) is 12.5 Å². The lowest BCUT2D eigenvalue weighted by molar-refractivity contribution is 0.0742. The molecule has 1 saturated heterocycles. The molecule has 0 spiro atoms. The fourth-order valence-corrected chi connectivity index (χ4v) is 2.75. The van der Waals surface area contributed by atoms with Crippen LogP contribution in [0.4, 0.5) is 0 Å². The Balaban J connectivity index is 0.00000200. The fraction of sp³-hybridized carbons (Fsp3) is 0.533. The number of hydrogen-bond donors (Lipinski definition) is 1. The Bertz CT molecular complexity index is 479. The lowest BCUT2D eigenvalue weighted by atomic mass is 10.1. The molecule has 2 rings (SSSR count). The molecule has 5 heteroatoms. The summed E-state index contributed by atoms with van der Waals surface area (Å²) in [6.07, 6.45) is 0.997. The van der Waals surface area contributed by atoms with Gasteiger partial charge in [-0.2, -0.15) is 0 Å². The van der Waals surface area contributed by atoms with Gasteiger partial charge in [0.25, 0.3) is 5.91 Å². The molecular weight excluding hydrogens is 276 g/mol. The number of ether oxygens (including phenoxy) is 1. The second-order valence-corrected chi connectivity index (χ2v) is 5.32. The maximum atomic E-state index is 12.6. The topological polar surface area (TPSA) is 55.6 Å². The molecule has 1 aromatic rings. The van der Waals surface area contributed by atoms with E-state index in [9.17, 15) is 4.79 Å². The van der Waals surface area contributed by atoms with E-state index in [1.54, 1.807) is 7.11 Å². The first-order valence-corrected chi connectivity index (χ1v) is 6.72. The highest BCUT2D eigenvalue weighted by Gasteiger charge is 2.32. The minimum atomic E-state index is 0. The van der Waals surface area contributed by atoms with Crippen molar-refractivity contribution in [1.29, 1.82) is 0 Å². The Hall–Kier alpha value is -1.26. The first-order chi connectivity index (χ1) is 9.06. The van der Waals surface area contributed by atoms with E-state index in [1.165, 1.54) is 0 Å². The van der Waals surface area contributed by atoms with Crippen molar-refractivity contribution < 1.29 is 9.53 Å². The van der Waals surface area contributed by atoms with Crippen LogP contribution >= 0.6 is 12.4 Å². The molecule has 1 fully saturated rings. The Morgan fingerprint density at radius 1 is 1.50 bits per heavy atom. The monoisotopic (exact) mass is 298 g/mol. The van der Waals surface area contributed by atoms with Crippen molar-refractivity contribution in [2.45, 2.75) is 26.3 Å². The zero-order chi connectivity index (χ0) is 14.0. The molecule has 2 atom stereocenters. The Kier molecular flexibility index (Phi) is 5.84. The van der Waals surface area contributed by atoms with Gasteiger partial charge in [-0.1, -0.05) is 0 Å². The molecular formula is C15H23ClN2O2. The molecule has 0 saturated carbocycles. The second-order valence-electron chi connectivity index (χ2n) is 5.32. The van der Waals surface area contributed by atoms with Crippen molar-refractivity contribution in [3.8, 4) is 5.75 Å². The van der Waals surface area contributed by atoms with Crippen LogP contribution in [0.1, 0.15) is 29.3 Å². The molecule has 0 aromatic heterocycles. The van der Waals surface area contributed by atoms with E-state index < -0.39 is 0 Å². The van der Waals surface area contributed by atoms with Gasteiger partial charge in [0.1, 0.15) is 5.75 Å². The summed E-state index contributed by atoms with van der Waals surface area (Å²) in [4.78, 5) is 14.5. The van der Waals surface area contributed by atoms with E-state index in [4.69, 9.17) is 10.5 Å². The number of benzene rings is 1. The number of aryl methyl sites for hydroxylation is 1. The summed E-state index contributed by atoms with van der Waals surface area (Å²) in [6, 6.07) is 5.84. The first-order valence-electron chi connectivity index (χ1n) is 6.72. The lowest BCUT2D eigenvalue weighted by Crippen LogP contribution is -2.34. The van der Waals surface area contributed by atoms with Crippen molar-refractivity contribution in [2.24, 2.45) is 11.7 Å². The van der Waals surface area contributed by atoms with E-state index in [2.05, 4.69) is 6.92 Å². The molecule has 112 valence electrons. The zero-order valence-corrected chi connectivity index (χ0v) is 13.1. The second kappa shape index (κ2) is 6.95. The number of hydrogen-bond acceptors (Lipinski definition) is 3. The SMILES string of the molecule is COc1ccc(C(=O)N2CC(CN)CC2C)c(C)c1.Cl. The van der Waals surface area contributed by atoms with Crippen LogP contribution in [0.3, 0.4) is 0 Å². The summed E-state index contributed by atoms with van der Waals surface area (Å²) in [6.45, 7) is 5.45. The first kappa shape index (κ1) is 16.8. The number of halogens is 1. The van der Waals surface area contributed by atoms with Crippen LogP contribution in [0.15, 0.2) is 18.2 Å². The van der Waals surface area contributed by atoms with Crippen LogP contribution in [-0.4, -0.2) is 37.0 Å². The average Bonchev–Trinajstić information content (AvgIpc) is 2.79. The zero-order valence-electron chi connectivity index (χ0n) is 12.3. The van der Waals surface area contributed by atoms with Gasteiger partial charge in [-0.25, -0.2) is 0 Å². The van der Waals surface area contributed by atoms with Crippen molar-refractivity contribution in [1.82, 2.24) is 4.90 Å². The lowest BCUT2D eigenvalue weighted by Gasteiger charge is -2.22. The quantitative estimate of drug-likeness (QED) is 0.931. The van der Waals surface area contributed by atoms with Crippen LogP contribution in [0.25, 0.3) is 0 Å². The third-order valence-corrected chi connectivity index (χ3v) is 3.92. The maximum Gasteiger partial charge on any atom is 0.254 e.